The van der Waals surface area contributed by atoms with E-state index in [0.29, 0.717) is 75.2 Å². The monoisotopic (exact) mass is 1230 g/mol. The van der Waals surface area contributed by atoms with Crippen LogP contribution in [0.3, 0.4) is 0 Å². The van der Waals surface area contributed by atoms with E-state index < -0.39 is 57.6 Å². The van der Waals surface area contributed by atoms with Gasteiger partial charge in [-0.15, -0.1) is 46.4 Å². The predicted molar refractivity (Wildman–Crippen MR) is 354 cm³/mol. The van der Waals surface area contributed by atoms with Crippen LogP contribution in [0.25, 0.3) is 30.3 Å². The van der Waals surface area contributed by atoms with Crippen LogP contribution in [0, 0.1) is 0 Å². The van der Waals surface area contributed by atoms with Crippen LogP contribution in [-0.4, -0.2) is 71.3 Å². The lowest BCUT2D eigenvalue weighted by Crippen LogP contribution is -2.58. The third-order valence-corrected chi connectivity index (χ3v) is 19.1. The molecule has 3 aromatic heterocycles. The molecule has 0 aliphatic rings. The highest BCUT2D eigenvalue weighted by atomic mass is 35.5. The fraction of sp³-hybridized carbons (Fsp3) is 0.284. The van der Waals surface area contributed by atoms with E-state index in [9.17, 15) is 28.8 Å². The number of anilines is 3. The van der Waals surface area contributed by atoms with Crippen LogP contribution >= 0.6 is 46.4 Å². The standard InChI is InChI=1S/C67H73N9O6S3.ClH/c68-34-10-7-31-65(71,58(77)37-46-40-83-55-16-4-1-13-52(46)55)62(80)74-49-25-19-43(20-26-49)61(44-21-27-50(28-22-44)75-63(81)66(72,32-8-11-35-69)59(78)38-47-41-84-56-17-5-2-14-53(47)56)45-23-29-51(30-24-45)76-64(82)67(73,33-9-12-36-70)60(79)39-48-42-85-57-18-6-3-15-54(48)57;/h1-6,13-30,40-42,61H,7-12,31-39,68-73H2,(H,74,80)(H,75,81)(H,76,82);1H/t65-,66-,67-;/m1./s1. The lowest BCUT2D eigenvalue weighted by Gasteiger charge is -2.28. The minimum atomic E-state index is -1.84. The molecular formula is C67H74ClN9O6S3. The highest BCUT2D eigenvalue weighted by Gasteiger charge is 2.44. The van der Waals surface area contributed by atoms with Crippen LogP contribution in [0.4, 0.5) is 17.1 Å². The lowest BCUT2D eigenvalue weighted by molar-refractivity contribution is -0.134. The van der Waals surface area contributed by atoms with Gasteiger partial charge in [-0.2, -0.15) is 0 Å². The summed E-state index contributed by atoms with van der Waals surface area (Å²) in [4.78, 5) is 85.4. The van der Waals surface area contributed by atoms with Crippen molar-refractivity contribution >= 4 is 129 Å². The zero-order valence-corrected chi connectivity index (χ0v) is 51.1. The number of Topliss-reactive ketones (excluding diaryl/α,β-unsaturated/α-hetero) is 3. The van der Waals surface area contributed by atoms with Crippen LogP contribution < -0.4 is 50.4 Å². The molecule has 0 saturated carbocycles. The Bertz CT molecular complexity index is 3440. The Balaban J connectivity index is 0.00000961. The second-order valence-corrected chi connectivity index (χ2v) is 24.6. The van der Waals surface area contributed by atoms with Crippen molar-refractivity contribution in [2.75, 3.05) is 35.6 Å². The van der Waals surface area contributed by atoms with Crippen LogP contribution in [0.1, 0.15) is 97.1 Å². The summed E-state index contributed by atoms with van der Waals surface area (Å²) in [6.45, 7) is 1.16. The number of nitrogens with two attached hydrogens (primary N) is 6. The van der Waals surface area contributed by atoms with Gasteiger partial charge >= 0.3 is 0 Å². The van der Waals surface area contributed by atoms with Gasteiger partial charge in [0, 0.05) is 56.3 Å². The maximum Gasteiger partial charge on any atom is 0.252 e. The van der Waals surface area contributed by atoms with Crippen molar-refractivity contribution in [2.45, 2.75) is 99.6 Å². The van der Waals surface area contributed by atoms with Crippen LogP contribution in [-0.2, 0) is 48.0 Å². The first-order chi connectivity index (χ1) is 41.1. The maximum absolute atomic E-state index is 14.3. The molecule has 19 heteroatoms. The number of thiophene rings is 3. The number of rotatable bonds is 30. The van der Waals surface area contributed by atoms with Gasteiger partial charge in [-0.25, -0.2) is 0 Å². The molecular weight excluding hydrogens is 1160 g/mol. The van der Waals surface area contributed by atoms with Gasteiger partial charge in [0.15, 0.2) is 34.0 Å². The van der Waals surface area contributed by atoms with Crippen molar-refractivity contribution in [1.29, 1.82) is 0 Å². The lowest BCUT2D eigenvalue weighted by atomic mass is 9.83. The molecule has 15 N–H and O–H groups in total. The number of nitrogens with one attached hydrogen (secondary N) is 3. The molecule has 86 heavy (non-hydrogen) atoms. The van der Waals surface area contributed by atoms with Crippen molar-refractivity contribution in [3.63, 3.8) is 0 Å². The van der Waals surface area contributed by atoms with Gasteiger partial charge in [0.2, 0.25) is 0 Å². The summed E-state index contributed by atoms with van der Waals surface area (Å²) in [5.41, 5.74) is 38.7. The molecule has 9 rings (SSSR count). The van der Waals surface area contributed by atoms with Crippen molar-refractivity contribution in [3.8, 4) is 0 Å². The summed E-state index contributed by atoms with van der Waals surface area (Å²) < 4.78 is 3.11. The number of amides is 3. The summed E-state index contributed by atoms with van der Waals surface area (Å²) >= 11 is 4.60. The van der Waals surface area contributed by atoms with Gasteiger partial charge in [0.05, 0.1) is 0 Å². The van der Waals surface area contributed by atoms with E-state index >= 15 is 0 Å². The summed E-state index contributed by atoms with van der Waals surface area (Å²) in [5, 5.41) is 17.5. The highest BCUT2D eigenvalue weighted by Crippen LogP contribution is 2.36. The number of hydrogen-bond donors (Lipinski definition) is 9. The van der Waals surface area contributed by atoms with E-state index in [0.717, 1.165) is 63.6 Å². The quantitative estimate of drug-likeness (QED) is 0.0115. The molecule has 448 valence electrons. The Morgan fingerprint density at radius 1 is 0.372 bits per heavy atom. The van der Waals surface area contributed by atoms with E-state index in [-0.39, 0.29) is 50.9 Å². The van der Waals surface area contributed by atoms with E-state index in [2.05, 4.69) is 16.0 Å². The number of carbonyl (C=O) groups excluding carboxylic acids is 6. The van der Waals surface area contributed by atoms with Gasteiger partial charge in [-0.1, -0.05) is 91.0 Å². The largest absolute Gasteiger partial charge is 0.330 e. The number of halogens is 1. The minimum Gasteiger partial charge on any atom is -0.330 e. The van der Waals surface area contributed by atoms with Crippen LogP contribution in [0.2, 0.25) is 0 Å². The normalized spacial score (nSPS) is 13.6. The Hall–Kier alpha value is -7.33. The predicted octanol–water partition coefficient (Wildman–Crippen LogP) is 10.7. The Morgan fingerprint density at radius 2 is 0.628 bits per heavy atom. The van der Waals surface area contributed by atoms with Gasteiger partial charge in [0.1, 0.15) is 0 Å². The molecule has 0 bridgehead atoms. The fourth-order valence-corrected chi connectivity index (χ4v) is 13.8. The number of benzene rings is 6. The van der Waals surface area contributed by atoms with E-state index in [1.807, 2.05) is 125 Å². The molecule has 3 atom stereocenters. The van der Waals surface area contributed by atoms with Gasteiger partial charge < -0.3 is 50.4 Å². The van der Waals surface area contributed by atoms with Crippen molar-refractivity contribution in [2.24, 2.45) is 34.4 Å². The van der Waals surface area contributed by atoms with Crippen molar-refractivity contribution < 1.29 is 28.8 Å². The topological polar surface area (TPSA) is 295 Å². The molecule has 0 radical (unpaired) electrons. The summed E-state index contributed by atoms with van der Waals surface area (Å²) in [6, 6.07) is 45.2. The first-order valence-electron chi connectivity index (χ1n) is 28.7. The van der Waals surface area contributed by atoms with Gasteiger partial charge in [-0.3, -0.25) is 28.8 Å². The summed E-state index contributed by atoms with van der Waals surface area (Å²) in [7, 11) is 0. The van der Waals surface area contributed by atoms with Crippen LogP contribution in [0.15, 0.2) is 162 Å². The van der Waals surface area contributed by atoms with Crippen molar-refractivity contribution in [3.05, 3.63) is 195 Å². The molecule has 0 saturated heterocycles. The first-order valence-corrected chi connectivity index (χ1v) is 31.4. The number of ketones is 3. The average Bonchev–Trinajstić information content (AvgIpc) is 3.42. The smallest absolute Gasteiger partial charge is 0.252 e. The van der Waals surface area contributed by atoms with Crippen LogP contribution in [0.5, 0.6) is 0 Å². The molecule has 0 fully saturated rings. The van der Waals surface area contributed by atoms with E-state index in [4.69, 9.17) is 34.4 Å². The Kier molecular flexibility index (Phi) is 22.1. The third-order valence-electron chi connectivity index (χ3n) is 16.0. The SMILES string of the molecule is Cl.NCCCC[C@@](N)(C(=O)Cc1csc2ccccc12)C(=O)Nc1ccc(C(c2ccc(NC(=O)[C@@](N)(CCCCN)C(=O)Cc3csc4ccccc34)cc2)c2ccc(NC(=O)[C@@](N)(CCCCN)C(=O)Cc3csc4ccccc34)cc2)cc1. The molecule has 9 aromatic rings. The molecule has 3 heterocycles. The molecule has 0 aliphatic carbocycles. The van der Waals surface area contributed by atoms with E-state index in [1.165, 1.54) is 34.0 Å². The number of carbonyl (C=O) groups is 6. The average molecular weight is 1230 g/mol. The Morgan fingerprint density at radius 3 is 0.884 bits per heavy atom. The molecule has 3 amide bonds. The van der Waals surface area contributed by atoms with E-state index in [1.54, 1.807) is 36.4 Å². The van der Waals surface area contributed by atoms with Gasteiger partial charge in [0.25, 0.3) is 17.7 Å². The second-order valence-electron chi connectivity index (χ2n) is 21.9. The summed E-state index contributed by atoms with van der Waals surface area (Å²) in [5.74, 6) is -3.54. The minimum absolute atomic E-state index is 0. The summed E-state index contributed by atoms with van der Waals surface area (Å²) in [6.07, 6.45) is 3.48. The number of fused-ring (bicyclic) bond motifs is 3. The molecule has 0 unspecified atom stereocenters. The zero-order chi connectivity index (χ0) is 60.1. The number of unbranched alkanes of at least 4 members (excludes halogenated alkanes) is 3. The first kappa shape index (κ1) is 64.7. The fourth-order valence-electron chi connectivity index (χ4n) is 10.9. The number of hydrogen-bond acceptors (Lipinski definition) is 15. The Labute approximate surface area is 519 Å². The molecule has 0 spiro atoms. The molecule has 15 nitrogen and oxygen atoms in total. The highest BCUT2D eigenvalue weighted by molar-refractivity contribution is 7.18. The van der Waals surface area contributed by atoms with Crippen molar-refractivity contribution in [1.82, 2.24) is 0 Å². The van der Waals surface area contributed by atoms with Gasteiger partial charge in [-0.05, 0) is 198 Å². The molecule has 0 aliphatic heterocycles. The molecule has 6 aromatic carbocycles. The third kappa shape index (κ3) is 14.7. The maximum atomic E-state index is 14.3. The second kappa shape index (κ2) is 29.4. The zero-order valence-electron chi connectivity index (χ0n) is 47.8.